The van der Waals surface area contributed by atoms with Gasteiger partial charge in [-0.25, -0.2) is 4.98 Å². The molecule has 0 spiro atoms. The molecule has 8 heteroatoms. The number of amides is 1. The third-order valence-electron chi connectivity index (χ3n) is 3.49. The number of carbonyl (C=O) groups excluding carboxylic acids is 1. The van der Waals surface area contributed by atoms with Crippen LogP contribution in [0, 0.1) is 5.95 Å². The molecule has 0 bridgehead atoms. The van der Waals surface area contributed by atoms with E-state index in [1.807, 2.05) is 0 Å². The quantitative estimate of drug-likeness (QED) is 0.424. The summed E-state index contributed by atoms with van der Waals surface area (Å²) in [5, 5.41) is 6.24. The highest BCUT2D eigenvalue weighted by Crippen LogP contribution is 2.30. The normalized spacial score (nSPS) is 15.8. The minimum atomic E-state index is -0.557. The number of nitrogens with zero attached hydrogens (tertiary/aromatic N) is 2. The Kier molecular flexibility index (Phi) is 3.31. The van der Waals surface area contributed by atoms with Crippen LogP contribution >= 0.6 is 12.2 Å². The third-order valence-corrected chi connectivity index (χ3v) is 3.69. The summed E-state index contributed by atoms with van der Waals surface area (Å²) in [7, 11) is 0. The van der Waals surface area contributed by atoms with Gasteiger partial charge in [0, 0.05) is 41.2 Å². The summed E-state index contributed by atoms with van der Waals surface area (Å²) in [5.74, 6) is -0.406. The van der Waals surface area contributed by atoms with Crippen LogP contribution in [0.5, 0.6) is 0 Å². The van der Waals surface area contributed by atoms with Crippen molar-refractivity contribution in [3.05, 3.63) is 54.2 Å². The second kappa shape index (κ2) is 5.50. The molecule has 1 fully saturated rings. The number of hydrogen-bond donors (Lipinski definition) is 2. The number of carbonyl (C=O) groups is 1. The molecule has 1 aliphatic rings. The lowest BCUT2D eigenvalue weighted by Gasteiger charge is -2.01. The first-order chi connectivity index (χ1) is 11.6. The summed E-state index contributed by atoms with van der Waals surface area (Å²) in [4.78, 5) is 19.5. The fraction of sp³-hybridized carbons (Fsp3) is 0. The number of nitrogens with one attached hydrogen (secondary N) is 2. The van der Waals surface area contributed by atoms with E-state index in [1.165, 1.54) is 12.3 Å². The van der Waals surface area contributed by atoms with Crippen LogP contribution in [-0.4, -0.2) is 21.0 Å². The fourth-order valence-electron chi connectivity index (χ4n) is 2.42. The first-order valence-electron chi connectivity index (χ1n) is 6.94. The zero-order valence-corrected chi connectivity index (χ0v) is 12.9. The Morgan fingerprint density at radius 1 is 1.21 bits per heavy atom. The molecule has 1 aliphatic heterocycles. The van der Waals surface area contributed by atoms with Gasteiger partial charge >= 0.3 is 0 Å². The Bertz CT molecular complexity index is 1010. The molecule has 4 rings (SSSR count). The number of hydrogen-bond acceptors (Lipinski definition) is 5. The van der Waals surface area contributed by atoms with E-state index in [9.17, 15) is 9.18 Å². The molecule has 3 aromatic heterocycles. The first-order valence-corrected chi connectivity index (χ1v) is 7.34. The topological polar surface area (TPSA) is 80.0 Å². The second-order valence-electron chi connectivity index (χ2n) is 5.09. The number of pyridine rings is 2. The maximum atomic E-state index is 13.0. The predicted molar refractivity (Wildman–Crippen MR) is 89.1 cm³/mol. The molecule has 0 atom stereocenters. The average Bonchev–Trinajstić information content (AvgIpc) is 3.10. The summed E-state index contributed by atoms with van der Waals surface area (Å²) >= 11 is 4.89. The summed E-state index contributed by atoms with van der Waals surface area (Å²) in [6.45, 7) is 0. The Morgan fingerprint density at radius 2 is 2.08 bits per heavy atom. The molecule has 1 saturated heterocycles. The van der Waals surface area contributed by atoms with Crippen LogP contribution in [0.3, 0.4) is 0 Å². The second-order valence-corrected chi connectivity index (χ2v) is 5.50. The molecule has 0 aromatic carbocycles. The zero-order valence-electron chi connectivity index (χ0n) is 12.0. The first kappa shape index (κ1) is 14.5. The van der Waals surface area contributed by atoms with Gasteiger partial charge in [0.1, 0.15) is 17.0 Å². The van der Waals surface area contributed by atoms with Gasteiger partial charge in [-0.1, -0.05) is 0 Å². The molecule has 4 heterocycles. The molecule has 118 valence electrons. The van der Waals surface area contributed by atoms with E-state index in [0.717, 1.165) is 5.39 Å². The van der Waals surface area contributed by atoms with Crippen LogP contribution in [0.2, 0.25) is 0 Å². The van der Waals surface area contributed by atoms with Gasteiger partial charge in [-0.05, 0) is 30.4 Å². The minimum absolute atomic E-state index is 0.252. The Morgan fingerprint density at radius 3 is 2.79 bits per heavy atom. The van der Waals surface area contributed by atoms with Crippen LogP contribution in [0.25, 0.3) is 28.2 Å². The number of aromatic nitrogens is 2. The monoisotopic (exact) mass is 340 g/mol. The molecule has 0 saturated carbocycles. The van der Waals surface area contributed by atoms with E-state index in [-0.39, 0.29) is 11.0 Å². The molecule has 0 radical (unpaired) electrons. The molecule has 0 unspecified atom stereocenters. The van der Waals surface area contributed by atoms with Crippen LogP contribution in [0.1, 0.15) is 5.76 Å². The molecule has 2 N–H and O–H groups in total. The Hall–Kier alpha value is -3.13. The van der Waals surface area contributed by atoms with Crippen molar-refractivity contribution in [2.24, 2.45) is 0 Å². The van der Waals surface area contributed by atoms with Crippen molar-refractivity contribution in [2.45, 2.75) is 0 Å². The summed E-state index contributed by atoms with van der Waals surface area (Å²) < 4.78 is 18.8. The van der Waals surface area contributed by atoms with Crippen molar-refractivity contribution in [2.75, 3.05) is 0 Å². The lowest BCUT2D eigenvalue weighted by Crippen LogP contribution is -2.21. The van der Waals surface area contributed by atoms with Gasteiger partial charge < -0.3 is 9.73 Å². The maximum absolute atomic E-state index is 13.0. The molecule has 3 aromatic rings. The third kappa shape index (κ3) is 2.52. The number of thiocarbonyl (C=S) groups is 1. The fourth-order valence-corrected chi connectivity index (χ4v) is 2.62. The summed E-state index contributed by atoms with van der Waals surface area (Å²) in [5.41, 5.74) is 2.24. The van der Waals surface area contributed by atoms with Crippen molar-refractivity contribution in [3.8, 4) is 11.1 Å². The SMILES string of the molecule is O=C1NC(=S)N/C1=C/c1cc2cncc(-c3ccc(F)nc3)c2o1. The Labute approximate surface area is 140 Å². The van der Waals surface area contributed by atoms with Crippen molar-refractivity contribution < 1.29 is 13.6 Å². The van der Waals surface area contributed by atoms with E-state index in [0.29, 0.717) is 28.2 Å². The van der Waals surface area contributed by atoms with Crippen LogP contribution in [0.4, 0.5) is 4.39 Å². The molecule has 6 nitrogen and oxygen atoms in total. The molecular weight excluding hydrogens is 331 g/mol. The van der Waals surface area contributed by atoms with Gasteiger partial charge in [-0.3, -0.25) is 15.1 Å². The van der Waals surface area contributed by atoms with Gasteiger partial charge in [-0.2, -0.15) is 4.39 Å². The van der Waals surface area contributed by atoms with E-state index < -0.39 is 5.95 Å². The predicted octanol–water partition coefficient (Wildman–Crippen LogP) is 2.37. The maximum Gasteiger partial charge on any atom is 0.274 e. The van der Waals surface area contributed by atoms with Crippen LogP contribution < -0.4 is 10.6 Å². The molecule has 24 heavy (non-hydrogen) atoms. The van der Waals surface area contributed by atoms with E-state index in [4.69, 9.17) is 16.6 Å². The number of fused-ring (bicyclic) bond motifs is 1. The van der Waals surface area contributed by atoms with Gasteiger partial charge in [0.2, 0.25) is 5.95 Å². The number of furan rings is 1. The lowest BCUT2D eigenvalue weighted by molar-refractivity contribution is -0.115. The highest BCUT2D eigenvalue weighted by Gasteiger charge is 2.21. The minimum Gasteiger partial charge on any atom is -0.456 e. The Balaban J connectivity index is 1.80. The number of rotatable bonds is 2. The smallest absolute Gasteiger partial charge is 0.274 e. The van der Waals surface area contributed by atoms with Crippen molar-refractivity contribution in [1.82, 2.24) is 20.6 Å². The van der Waals surface area contributed by atoms with Gasteiger partial charge in [0.05, 0.1) is 0 Å². The van der Waals surface area contributed by atoms with E-state index >= 15 is 0 Å². The van der Waals surface area contributed by atoms with Crippen LogP contribution in [-0.2, 0) is 4.79 Å². The standard InChI is InChI=1S/C16H9FN4O2S/c17-13-2-1-8(6-19-13)11-7-18-5-9-3-10(23-14(9)11)4-12-15(22)21-16(24)20-12/h1-7H,(H2,20,21,22,24)/b12-4+. The molecule has 1 amide bonds. The van der Waals surface area contributed by atoms with E-state index in [2.05, 4.69) is 20.6 Å². The molecular formula is C16H9FN4O2S. The summed E-state index contributed by atoms with van der Waals surface area (Å²) in [6.07, 6.45) is 6.24. The van der Waals surface area contributed by atoms with Gasteiger partial charge in [0.25, 0.3) is 5.91 Å². The van der Waals surface area contributed by atoms with Gasteiger partial charge in [-0.15, -0.1) is 0 Å². The highest BCUT2D eigenvalue weighted by atomic mass is 32.1. The highest BCUT2D eigenvalue weighted by molar-refractivity contribution is 7.80. The van der Waals surface area contributed by atoms with Crippen LogP contribution in [0.15, 0.2) is 46.9 Å². The van der Waals surface area contributed by atoms with Gasteiger partial charge in [0.15, 0.2) is 5.11 Å². The van der Waals surface area contributed by atoms with Crippen molar-refractivity contribution >= 4 is 40.3 Å². The molecule has 0 aliphatic carbocycles. The zero-order chi connectivity index (χ0) is 16.7. The average molecular weight is 340 g/mol. The lowest BCUT2D eigenvalue weighted by atomic mass is 10.1. The largest absolute Gasteiger partial charge is 0.456 e. The van der Waals surface area contributed by atoms with Crippen molar-refractivity contribution in [1.29, 1.82) is 0 Å². The van der Waals surface area contributed by atoms with E-state index in [1.54, 1.807) is 30.6 Å². The number of halogens is 1. The van der Waals surface area contributed by atoms with Crippen molar-refractivity contribution in [3.63, 3.8) is 0 Å². The summed E-state index contributed by atoms with van der Waals surface area (Å²) in [6, 6.07) is 4.63.